The SMILES string of the molecule is Cc1ccn(-c2cncc(-c3cn(Cc4cn5cc(CNCC6CC(F)(F)C6)ccc5n4)nn3)c2)c1. The van der Waals surface area contributed by atoms with Crippen molar-refractivity contribution in [1.82, 2.24) is 39.2 Å². The normalized spacial score (nSPS) is 15.4. The van der Waals surface area contributed by atoms with Gasteiger partial charge in [0, 0.05) is 55.9 Å². The standard InChI is InChI=1S/C26H26F2N8/c1-18-4-5-34(13-18)23-6-21(11-30-12-23)24-17-36(33-32-24)16-22-15-35-14-19(2-3-25(35)31-22)9-29-10-20-7-26(27,28)8-20/h2-6,11-15,17,20,29H,7-10,16H2,1H3. The fourth-order valence-electron chi connectivity index (χ4n) is 4.67. The molecule has 0 unspecified atom stereocenters. The number of rotatable bonds is 8. The number of aryl methyl sites for hydroxylation is 1. The van der Waals surface area contributed by atoms with Crippen LogP contribution in [0, 0.1) is 12.8 Å². The number of aromatic nitrogens is 7. The monoisotopic (exact) mass is 488 g/mol. The van der Waals surface area contributed by atoms with Crippen LogP contribution in [0.1, 0.15) is 29.7 Å². The molecule has 0 spiro atoms. The van der Waals surface area contributed by atoms with Crippen LogP contribution < -0.4 is 5.32 Å². The molecule has 0 bridgehead atoms. The molecule has 0 atom stereocenters. The molecule has 5 aromatic rings. The molecular weight excluding hydrogens is 462 g/mol. The Morgan fingerprint density at radius 1 is 1.08 bits per heavy atom. The second kappa shape index (κ2) is 8.94. The van der Waals surface area contributed by atoms with E-state index in [2.05, 4.69) is 44.8 Å². The predicted octanol–water partition coefficient (Wildman–Crippen LogP) is 4.27. The summed E-state index contributed by atoms with van der Waals surface area (Å²) in [5.74, 6) is -2.40. The smallest absolute Gasteiger partial charge is 0.248 e. The van der Waals surface area contributed by atoms with Crippen molar-refractivity contribution < 1.29 is 8.78 Å². The molecular formula is C26H26F2N8. The van der Waals surface area contributed by atoms with Gasteiger partial charge in [0.15, 0.2) is 0 Å². The van der Waals surface area contributed by atoms with Gasteiger partial charge >= 0.3 is 0 Å². The number of alkyl halides is 2. The highest BCUT2D eigenvalue weighted by Crippen LogP contribution is 2.41. The van der Waals surface area contributed by atoms with Gasteiger partial charge < -0.3 is 14.3 Å². The second-order valence-corrected chi connectivity index (χ2v) is 9.63. The van der Waals surface area contributed by atoms with E-state index in [0.29, 0.717) is 19.6 Å². The second-order valence-electron chi connectivity index (χ2n) is 9.63. The number of hydrogen-bond acceptors (Lipinski definition) is 5. The van der Waals surface area contributed by atoms with Crippen LogP contribution in [0.2, 0.25) is 0 Å². The van der Waals surface area contributed by atoms with E-state index in [9.17, 15) is 8.78 Å². The van der Waals surface area contributed by atoms with Gasteiger partial charge in [0.1, 0.15) is 11.3 Å². The zero-order chi connectivity index (χ0) is 24.7. The number of hydrogen-bond donors (Lipinski definition) is 1. The number of pyridine rings is 2. The molecule has 5 heterocycles. The summed E-state index contributed by atoms with van der Waals surface area (Å²) in [6, 6.07) is 8.06. The summed E-state index contributed by atoms with van der Waals surface area (Å²) < 4.78 is 31.8. The van der Waals surface area contributed by atoms with Gasteiger partial charge in [-0.3, -0.25) is 4.98 Å². The third kappa shape index (κ3) is 4.76. The van der Waals surface area contributed by atoms with Crippen LogP contribution >= 0.6 is 0 Å². The van der Waals surface area contributed by atoms with E-state index in [-0.39, 0.29) is 18.8 Å². The van der Waals surface area contributed by atoms with Crippen LogP contribution in [0.4, 0.5) is 8.78 Å². The number of imidazole rings is 1. The van der Waals surface area contributed by atoms with Crippen molar-refractivity contribution in [2.24, 2.45) is 5.92 Å². The predicted molar refractivity (Wildman–Crippen MR) is 131 cm³/mol. The first-order valence-electron chi connectivity index (χ1n) is 12.0. The third-order valence-electron chi connectivity index (χ3n) is 6.52. The first-order chi connectivity index (χ1) is 17.4. The maximum absolute atomic E-state index is 13.0. The molecule has 0 amide bonds. The zero-order valence-electron chi connectivity index (χ0n) is 19.9. The molecule has 0 aliphatic heterocycles. The first-order valence-corrected chi connectivity index (χ1v) is 12.0. The molecule has 0 aromatic carbocycles. The molecule has 36 heavy (non-hydrogen) atoms. The molecule has 10 heteroatoms. The Morgan fingerprint density at radius 3 is 2.78 bits per heavy atom. The summed E-state index contributed by atoms with van der Waals surface area (Å²) >= 11 is 0. The molecule has 1 N–H and O–H groups in total. The number of nitrogens with one attached hydrogen (secondary N) is 1. The van der Waals surface area contributed by atoms with Gasteiger partial charge in [-0.05, 0) is 48.7 Å². The van der Waals surface area contributed by atoms with Crippen molar-refractivity contribution in [2.45, 2.75) is 38.8 Å². The number of halogens is 2. The van der Waals surface area contributed by atoms with Gasteiger partial charge in [-0.2, -0.15) is 0 Å². The molecule has 1 aliphatic rings. The fourth-order valence-corrected chi connectivity index (χ4v) is 4.67. The van der Waals surface area contributed by atoms with Crippen LogP contribution in [-0.2, 0) is 13.1 Å². The third-order valence-corrected chi connectivity index (χ3v) is 6.52. The Bertz CT molecular complexity index is 1510. The molecule has 0 saturated heterocycles. The summed E-state index contributed by atoms with van der Waals surface area (Å²) in [7, 11) is 0. The maximum atomic E-state index is 13.0. The van der Waals surface area contributed by atoms with Crippen molar-refractivity contribution in [3.05, 3.63) is 84.5 Å². The quantitative estimate of drug-likeness (QED) is 0.353. The Morgan fingerprint density at radius 2 is 1.97 bits per heavy atom. The average Bonchev–Trinajstić information content (AvgIpc) is 3.57. The van der Waals surface area contributed by atoms with E-state index >= 15 is 0 Å². The van der Waals surface area contributed by atoms with Crippen molar-refractivity contribution in [3.8, 4) is 16.9 Å². The van der Waals surface area contributed by atoms with Crippen LogP contribution in [0.15, 0.2) is 67.6 Å². The van der Waals surface area contributed by atoms with Crippen molar-refractivity contribution in [3.63, 3.8) is 0 Å². The summed E-state index contributed by atoms with van der Waals surface area (Å²) in [5, 5.41) is 11.9. The van der Waals surface area contributed by atoms with Crippen molar-refractivity contribution in [2.75, 3.05) is 6.54 Å². The first kappa shape index (κ1) is 22.5. The average molecular weight is 489 g/mol. The molecule has 1 aliphatic carbocycles. The maximum Gasteiger partial charge on any atom is 0.248 e. The van der Waals surface area contributed by atoms with Gasteiger partial charge in [0.25, 0.3) is 0 Å². The Hall–Kier alpha value is -3.92. The van der Waals surface area contributed by atoms with E-state index in [1.165, 1.54) is 5.56 Å². The molecule has 1 fully saturated rings. The van der Waals surface area contributed by atoms with Gasteiger partial charge in [0.05, 0.1) is 30.3 Å². The number of nitrogens with zero attached hydrogens (tertiary/aromatic N) is 7. The van der Waals surface area contributed by atoms with E-state index in [1.54, 1.807) is 10.9 Å². The van der Waals surface area contributed by atoms with E-state index < -0.39 is 5.92 Å². The highest BCUT2D eigenvalue weighted by Gasteiger charge is 2.44. The van der Waals surface area contributed by atoms with Gasteiger partial charge in [0.2, 0.25) is 5.92 Å². The van der Waals surface area contributed by atoms with E-state index in [1.807, 2.05) is 58.2 Å². The van der Waals surface area contributed by atoms with Crippen molar-refractivity contribution >= 4 is 5.65 Å². The molecule has 5 aromatic heterocycles. The van der Waals surface area contributed by atoms with Gasteiger partial charge in [-0.25, -0.2) is 18.4 Å². The summed E-state index contributed by atoms with van der Waals surface area (Å²) in [6.45, 7) is 3.79. The van der Waals surface area contributed by atoms with Crippen LogP contribution in [-0.4, -0.2) is 46.4 Å². The summed E-state index contributed by atoms with van der Waals surface area (Å²) in [6.07, 6.45) is 13.5. The minimum Gasteiger partial charge on any atom is -0.322 e. The van der Waals surface area contributed by atoms with Crippen molar-refractivity contribution in [1.29, 1.82) is 0 Å². The van der Waals surface area contributed by atoms with Crippen LogP contribution in [0.3, 0.4) is 0 Å². The molecule has 8 nitrogen and oxygen atoms in total. The lowest BCUT2D eigenvalue weighted by Gasteiger charge is -2.35. The Balaban J connectivity index is 1.11. The minimum absolute atomic E-state index is 0.0112. The topological polar surface area (TPSA) is 77.9 Å². The van der Waals surface area contributed by atoms with Gasteiger partial charge in [-0.15, -0.1) is 5.10 Å². The van der Waals surface area contributed by atoms with E-state index in [0.717, 1.165) is 33.8 Å². The van der Waals surface area contributed by atoms with Gasteiger partial charge in [-0.1, -0.05) is 11.3 Å². The lowest BCUT2D eigenvalue weighted by atomic mass is 9.81. The molecule has 1 saturated carbocycles. The summed E-state index contributed by atoms with van der Waals surface area (Å²) in [4.78, 5) is 9.06. The van der Waals surface area contributed by atoms with E-state index in [4.69, 9.17) is 0 Å². The molecule has 6 rings (SSSR count). The van der Waals surface area contributed by atoms with Crippen LogP contribution in [0.25, 0.3) is 22.6 Å². The summed E-state index contributed by atoms with van der Waals surface area (Å²) in [5.41, 5.74) is 6.56. The lowest BCUT2D eigenvalue weighted by Crippen LogP contribution is -2.40. The highest BCUT2D eigenvalue weighted by atomic mass is 19.3. The Labute approximate surface area is 206 Å². The molecule has 184 valence electrons. The number of fused-ring (bicyclic) bond motifs is 1. The highest BCUT2D eigenvalue weighted by molar-refractivity contribution is 5.59. The Kier molecular flexibility index (Phi) is 5.60. The molecule has 0 radical (unpaired) electrons. The largest absolute Gasteiger partial charge is 0.322 e. The minimum atomic E-state index is -2.47. The fraction of sp³-hybridized carbons (Fsp3) is 0.308. The lowest BCUT2D eigenvalue weighted by molar-refractivity contribution is -0.109. The zero-order valence-corrected chi connectivity index (χ0v) is 19.9. The van der Waals surface area contributed by atoms with Crippen LogP contribution in [0.5, 0.6) is 0 Å².